The molecular weight excluding hydrogens is 403 g/mol. The van der Waals surface area contributed by atoms with Crippen molar-refractivity contribution in [2.75, 3.05) is 16.8 Å². The highest BCUT2D eigenvalue weighted by Crippen LogP contribution is 2.27. The molecule has 0 aromatic carbocycles. The van der Waals surface area contributed by atoms with Gasteiger partial charge in [-0.2, -0.15) is 23.0 Å². The number of sulfone groups is 1. The number of halogens is 3. The minimum atomic E-state index is -4.83. The molecule has 0 saturated carbocycles. The fourth-order valence-corrected chi connectivity index (χ4v) is 4.31. The van der Waals surface area contributed by atoms with Crippen molar-refractivity contribution in [1.29, 1.82) is 0 Å². The first kappa shape index (κ1) is 20.0. The smallest absolute Gasteiger partial charge is 0.310 e. The molecule has 1 amide bonds. The molecular formula is C15H16F3N5O4S. The first-order chi connectivity index (χ1) is 12.9. The van der Waals surface area contributed by atoms with E-state index >= 15 is 0 Å². The number of aromatic amines is 1. The summed E-state index contributed by atoms with van der Waals surface area (Å²) in [5, 5.41) is 6.50. The minimum Gasteiger partial charge on any atom is -0.310 e. The van der Waals surface area contributed by atoms with Crippen LogP contribution in [0.4, 0.5) is 19.0 Å². The van der Waals surface area contributed by atoms with Crippen LogP contribution in [-0.2, 0) is 20.8 Å². The Morgan fingerprint density at radius 1 is 1.29 bits per heavy atom. The van der Waals surface area contributed by atoms with E-state index in [1.807, 2.05) is 0 Å². The molecule has 0 bridgehead atoms. The van der Waals surface area contributed by atoms with Crippen molar-refractivity contribution in [3.05, 3.63) is 33.9 Å². The number of aromatic nitrogens is 4. The number of anilines is 1. The number of hydrogen-bond donors (Lipinski definition) is 2. The summed E-state index contributed by atoms with van der Waals surface area (Å²) in [4.78, 5) is 29.6. The molecule has 152 valence electrons. The van der Waals surface area contributed by atoms with Gasteiger partial charge in [-0.15, -0.1) is 0 Å². The Hall–Kier alpha value is -2.70. The fraction of sp³-hybridized carbons (Fsp3) is 0.467. The molecule has 0 spiro atoms. The van der Waals surface area contributed by atoms with Gasteiger partial charge in [-0.3, -0.25) is 14.6 Å². The number of aryl methyl sites for hydroxylation is 1. The van der Waals surface area contributed by atoms with Gasteiger partial charge in [0.05, 0.1) is 17.2 Å². The maximum absolute atomic E-state index is 12.9. The first-order valence-corrected chi connectivity index (χ1v) is 10.0. The van der Waals surface area contributed by atoms with Crippen LogP contribution in [0.25, 0.3) is 5.95 Å². The second-order valence-corrected chi connectivity index (χ2v) is 8.75. The molecule has 0 aliphatic carbocycles. The van der Waals surface area contributed by atoms with Crippen molar-refractivity contribution < 1.29 is 26.4 Å². The second kappa shape index (κ2) is 7.04. The second-order valence-electron chi connectivity index (χ2n) is 6.45. The van der Waals surface area contributed by atoms with E-state index < -0.39 is 45.0 Å². The molecule has 1 fully saturated rings. The Morgan fingerprint density at radius 3 is 2.54 bits per heavy atom. The number of nitrogens with one attached hydrogen (secondary N) is 2. The van der Waals surface area contributed by atoms with Crippen LogP contribution >= 0.6 is 0 Å². The average Bonchev–Trinajstić information content (AvgIpc) is 2.93. The molecule has 1 aliphatic heterocycles. The van der Waals surface area contributed by atoms with Gasteiger partial charge >= 0.3 is 6.18 Å². The highest BCUT2D eigenvalue weighted by Gasteiger charge is 2.34. The molecule has 28 heavy (non-hydrogen) atoms. The lowest BCUT2D eigenvalue weighted by atomic mass is 10.0. The lowest BCUT2D eigenvalue weighted by Gasteiger charge is -2.21. The van der Waals surface area contributed by atoms with Crippen LogP contribution in [-0.4, -0.2) is 45.6 Å². The Labute approximate surface area is 156 Å². The van der Waals surface area contributed by atoms with Crippen molar-refractivity contribution in [2.24, 2.45) is 5.92 Å². The molecule has 9 nitrogen and oxygen atoms in total. The van der Waals surface area contributed by atoms with Crippen LogP contribution in [0.5, 0.6) is 0 Å². The van der Waals surface area contributed by atoms with Crippen molar-refractivity contribution in [3.63, 3.8) is 0 Å². The normalized spacial score (nSPS) is 17.4. The predicted octanol–water partition coefficient (Wildman–Crippen LogP) is 1.05. The summed E-state index contributed by atoms with van der Waals surface area (Å²) in [6, 6.07) is 1.72. The zero-order chi connectivity index (χ0) is 20.7. The standard InChI is InChI=1S/C15H16F3N5O4S/c1-8-6-11(20-13(25)9-2-4-28(26,27)5-3-9)23(22-8)14-19-10(15(16,17)18)7-12(24)21-14/h6-7,9H,2-5H2,1H3,(H,20,25)(H,19,21,24). The van der Waals surface area contributed by atoms with Crippen molar-refractivity contribution in [3.8, 4) is 5.95 Å². The van der Waals surface area contributed by atoms with Gasteiger partial charge in [0.15, 0.2) is 5.69 Å². The van der Waals surface area contributed by atoms with Gasteiger partial charge in [-0.05, 0) is 19.8 Å². The summed E-state index contributed by atoms with van der Waals surface area (Å²) < 4.78 is 62.6. The van der Waals surface area contributed by atoms with Crippen LogP contribution in [0.2, 0.25) is 0 Å². The highest BCUT2D eigenvalue weighted by molar-refractivity contribution is 7.91. The largest absolute Gasteiger partial charge is 0.433 e. The number of rotatable bonds is 3. The minimum absolute atomic E-state index is 0.0124. The molecule has 13 heteroatoms. The van der Waals surface area contributed by atoms with Crippen LogP contribution < -0.4 is 10.9 Å². The van der Waals surface area contributed by atoms with Crippen LogP contribution in [0.3, 0.4) is 0 Å². The van der Waals surface area contributed by atoms with Crippen molar-refractivity contribution in [1.82, 2.24) is 19.7 Å². The summed E-state index contributed by atoms with van der Waals surface area (Å²) >= 11 is 0. The predicted molar refractivity (Wildman–Crippen MR) is 91.7 cm³/mol. The monoisotopic (exact) mass is 419 g/mol. The summed E-state index contributed by atoms with van der Waals surface area (Å²) in [5.41, 5.74) is -2.06. The van der Waals surface area contributed by atoms with E-state index in [1.54, 1.807) is 6.92 Å². The zero-order valence-electron chi connectivity index (χ0n) is 14.6. The third kappa shape index (κ3) is 4.40. The third-order valence-corrected chi connectivity index (χ3v) is 5.94. The third-order valence-electron chi connectivity index (χ3n) is 4.23. The van der Waals surface area contributed by atoms with Gasteiger partial charge in [-0.25, -0.2) is 13.4 Å². The van der Waals surface area contributed by atoms with E-state index in [0.29, 0.717) is 11.8 Å². The van der Waals surface area contributed by atoms with E-state index in [-0.39, 0.29) is 30.2 Å². The van der Waals surface area contributed by atoms with E-state index in [2.05, 4.69) is 20.4 Å². The topological polar surface area (TPSA) is 127 Å². The quantitative estimate of drug-likeness (QED) is 0.766. The van der Waals surface area contributed by atoms with E-state index in [4.69, 9.17) is 0 Å². The lowest BCUT2D eigenvalue weighted by Crippen LogP contribution is -2.32. The Balaban J connectivity index is 1.89. The van der Waals surface area contributed by atoms with Gasteiger partial charge in [-0.1, -0.05) is 0 Å². The number of nitrogens with zero attached hydrogens (tertiary/aromatic N) is 3. The highest BCUT2D eigenvalue weighted by atomic mass is 32.2. The fourth-order valence-electron chi connectivity index (χ4n) is 2.82. The molecule has 0 atom stereocenters. The molecule has 3 rings (SSSR count). The van der Waals surface area contributed by atoms with E-state index in [9.17, 15) is 31.2 Å². The number of carbonyl (C=O) groups excluding carboxylic acids is 1. The maximum atomic E-state index is 12.9. The molecule has 1 aliphatic rings. The lowest BCUT2D eigenvalue weighted by molar-refractivity contribution is -0.141. The Morgan fingerprint density at radius 2 is 1.93 bits per heavy atom. The van der Waals surface area contributed by atoms with Crippen LogP contribution in [0, 0.1) is 12.8 Å². The molecule has 0 unspecified atom stereocenters. The van der Waals surface area contributed by atoms with E-state index in [1.165, 1.54) is 6.07 Å². The molecule has 0 radical (unpaired) electrons. The van der Waals surface area contributed by atoms with Gasteiger partial charge in [0.1, 0.15) is 15.7 Å². The summed E-state index contributed by atoms with van der Waals surface area (Å²) in [6.45, 7) is 1.55. The number of amides is 1. The number of carbonyl (C=O) groups is 1. The number of alkyl halides is 3. The zero-order valence-corrected chi connectivity index (χ0v) is 15.4. The molecule has 2 aromatic rings. The van der Waals surface area contributed by atoms with Gasteiger partial charge < -0.3 is 5.32 Å². The van der Waals surface area contributed by atoms with E-state index in [0.717, 1.165) is 4.68 Å². The Kier molecular flexibility index (Phi) is 5.04. The van der Waals surface area contributed by atoms with Crippen molar-refractivity contribution >= 4 is 21.6 Å². The number of H-pyrrole nitrogens is 1. The summed E-state index contributed by atoms with van der Waals surface area (Å²) in [7, 11) is -3.15. The van der Waals surface area contributed by atoms with Crippen molar-refractivity contribution in [2.45, 2.75) is 25.9 Å². The van der Waals surface area contributed by atoms with Gasteiger partial charge in [0.25, 0.3) is 5.56 Å². The average molecular weight is 419 g/mol. The van der Waals surface area contributed by atoms with Gasteiger partial charge in [0, 0.05) is 18.1 Å². The molecule has 2 N–H and O–H groups in total. The summed E-state index contributed by atoms with van der Waals surface area (Å²) in [6.07, 6.45) is -4.53. The summed E-state index contributed by atoms with van der Waals surface area (Å²) in [5.74, 6) is -1.74. The molecule has 3 heterocycles. The SMILES string of the molecule is Cc1cc(NC(=O)C2CCS(=O)(=O)CC2)n(-c2nc(C(F)(F)F)cc(=O)[nH]2)n1. The van der Waals surface area contributed by atoms with Crippen LogP contribution in [0.15, 0.2) is 16.9 Å². The maximum Gasteiger partial charge on any atom is 0.433 e. The van der Waals surface area contributed by atoms with Crippen LogP contribution in [0.1, 0.15) is 24.2 Å². The molecule has 1 saturated heterocycles. The molecule has 2 aromatic heterocycles. The Bertz CT molecular complexity index is 1060. The van der Waals surface area contributed by atoms with Gasteiger partial charge in [0.2, 0.25) is 11.9 Å². The first-order valence-electron chi connectivity index (χ1n) is 8.21. The number of hydrogen-bond acceptors (Lipinski definition) is 6.